The molecule has 0 unspecified atom stereocenters. The highest BCUT2D eigenvalue weighted by Crippen LogP contribution is 2.45. The molecule has 4 rings (SSSR count). The van der Waals surface area contributed by atoms with Crippen molar-refractivity contribution in [2.45, 2.75) is 38.5 Å². The summed E-state index contributed by atoms with van der Waals surface area (Å²) < 4.78 is 5.32. The second kappa shape index (κ2) is 8.97. The minimum atomic E-state index is -0.650. The summed E-state index contributed by atoms with van der Waals surface area (Å²) >= 11 is 1.37. The lowest BCUT2D eigenvalue weighted by molar-refractivity contribution is 0.0526. The van der Waals surface area contributed by atoms with E-state index in [2.05, 4.69) is 11.4 Å². The molecule has 3 aromatic rings. The number of rotatable bonds is 5. The molecule has 6 heteroatoms. The van der Waals surface area contributed by atoms with Crippen LogP contribution >= 0.6 is 11.3 Å². The molecule has 0 fully saturated rings. The van der Waals surface area contributed by atoms with Crippen LogP contribution in [-0.2, 0) is 23.0 Å². The van der Waals surface area contributed by atoms with Gasteiger partial charge in [-0.2, -0.15) is 5.26 Å². The van der Waals surface area contributed by atoms with Gasteiger partial charge in [-0.25, -0.2) is 4.79 Å². The third kappa shape index (κ3) is 3.92. The summed E-state index contributed by atoms with van der Waals surface area (Å²) in [6, 6.07) is 19.6. The molecule has 0 bridgehead atoms. The van der Waals surface area contributed by atoms with Crippen LogP contribution in [0.1, 0.15) is 55.6 Å². The van der Waals surface area contributed by atoms with Crippen molar-refractivity contribution in [2.75, 3.05) is 11.9 Å². The van der Waals surface area contributed by atoms with Crippen LogP contribution in [0, 0.1) is 18.3 Å². The summed E-state index contributed by atoms with van der Waals surface area (Å²) in [5.41, 5.74) is 3.05. The molecule has 0 aliphatic heterocycles. The summed E-state index contributed by atoms with van der Waals surface area (Å²) in [6.45, 7) is 3.89. The first-order chi connectivity index (χ1) is 15.5. The molecule has 0 saturated heterocycles. The Hall–Kier alpha value is -3.43. The molecule has 0 spiro atoms. The van der Waals surface area contributed by atoms with Crippen LogP contribution in [0.4, 0.5) is 5.00 Å². The van der Waals surface area contributed by atoms with E-state index in [0.29, 0.717) is 35.4 Å². The van der Waals surface area contributed by atoms with Crippen molar-refractivity contribution in [3.63, 3.8) is 0 Å². The van der Waals surface area contributed by atoms with Crippen LogP contribution in [0.3, 0.4) is 0 Å². The Balaban J connectivity index is 1.74. The second-order valence-corrected chi connectivity index (χ2v) is 9.04. The van der Waals surface area contributed by atoms with Gasteiger partial charge in [0.2, 0.25) is 0 Å². The normalized spacial score (nSPS) is 17.2. The molecule has 0 saturated carbocycles. The van der Waals surface area contributed by atoms with Gasteiger partial charge in [-0.15, -0.1) is 11.3 Å². The highest BCUT2D eigenvalue weighted by Gasteiger charge is 2.40. The summed E-state index contributed by atoms with van der Waals surface area (Å²) in [4.78, 5) is 26.8. The Bertz CT molecular complexity index is 1210. The van der Waals surface area contributed by atoms with Crippen molar-refractivity contribution >= 4 is 28.2 Å². The lowest BCUT2D eigenvalue weighted by Crippen LogP contribution is -2.31. The van der Waals surface area contributed by atoms with Crippen LogP contribution in [0.2, 0.25) is 0 Å². The number of hydrogen-bond donors (Lipinski definition) is 1. The molecular formula is C26H24N2O3S. The molecule has 162 valence electrons. The molecule has 1 amide bonds. The standard InChI is InChI=1S/C26H24N2O3S/c1-3-31-25(30)22-20-13-14-26(16-27,18-10-5-4-6-11-18)15-21(20)32-24(22)28-23(29)19-12-8-7-9-17(19)2/h4-12H,3,13-15H2,1-2H3,(H,28,29)/t26-/m1/s1. The third-order valence-electron chi connectivity index (χ3n) is 5.99. The molecule has 0 radical (unpaired) electrons. The first-order valence-electron chi connectivity index (χ1n) is 10.6. The predicted molar refractivity (Wildman–Crippen MR) is 125 cm³/mol. The predicted octanol–water partition coefficient (Wildman–Crippen LogP) is 5.44. The van der Waals surface area contributed by atoms with E-state index in [9.17, 15) is 14.9 Å². The summed E-state index contributed by atoms with van der Waals surface area (Å²) in [5.74, 6) is -0.698. The van der Waals surface area contributed by atoms with Gasteiger partial charge in [0.05, 0.1) is 23.7 Å². The van der Waals surface area contributed by atoms with Gasteiger partial charge in [0.15, 0.2) is 0 Å². The smallest absolute Gasteiger partial charge is 0.341 e. The van der Waals surface area contributed by atoms with Gasteiger partial charge >= 0.3 is 5.97 Å². The zero-order chi connectivity index (χ0) is 22.7. The van der Waals surface area contributed by atoms with Crippen molar-refractivity contribution in [1.29, 1.82) is 5.26 Å². The number of amides is 1. The fourth-order valence-electron chi connectivity index (χ4n) is 4.29. The number of fused-ring (bicyclic) bond motifs is 1. The maximum atomic E-state index is 13.0. The number of carbonyl (C=O) groups is 2. The number of thiophene rings is 1. The number of nitriles is 1. The van der Waals surface area contributed by atoms with E-state index < -0.39 is 11.4 Å². The zero-order valence-corrected chi connectivity index (χ0v) is 18.9. The Morgan fingerprint density at radius 2 is 1.88 bits per heavy atom. The van der Waals surface area contributed by atoms with Crippen LogP contribution in [0.15, 0.2) is 54.6 Å². The summed E-state index contributed by atoms with van der Waals surface area (Å²) in [5, 5.41) is 13.5. The maximum Gasteiger partial charge on any atom is 0.341 e. The fourth-order valence-corrected chi connectivity index (χ4v) is 5.63. The molecule has 1 N–H and O–H groups in total. The Labute approximate surface area is 191 Å². The van der Waals surface area contributed by atoms with Gasteiger partial charge in [-0.05, 0) is 49.4 Å². The Morgan fingerprint density at radius 3 is 2.56 bits per heavy atom. The molecule has 2 aromatic carbocycles. The number of ether oxygens (including phenoxy) is 1. The summed E-state index contributed by atoms with van der Waals surface area (Å²) in [7, 11) is 0. The molecular weight excluding hydrogens is 420 g/mol. The SMILES string of the molecule is CCOC(=O)c1c(NC(=O)c2ccccc2C)sc2c1CC[C@@](C#N)(c1ccccc1)C2. The van der Waals surface area contributed by atoms with Gasteiger partial charge in [0.25, 0.3) is 5.91 Å². The van der Waals surface area contributed by atoms with Gasteiger partial charge in [0.1, 0.15) is 5.00 Å². The average molecular weight is 445 g/mol. The monoisotopic (exact) mass is 444 g/mol. The van der Waals surface area contributed by atoms with Crippen LogP contribution < -0.4 is 5.32 Å². The third-order valence-corrected chi connectivity index (χ3v) is 7.14. The van der Waals surface area contributed by atoms with E-state index in [1.807, 2.05) is 55.5 Å². The molecule has 5 nitrogen and oxygen atoms in total. The van der Waals surface area contributed by atoms with E-state index in [0.717, 1.165) is 21.6 Å². The first-order valence-corrected chi connectivity index (χ1v) is 11.5. The number of esters is 1. The minimum Gasteiger partial charge on any atom is -0.462 e. The van der Waals surface area contributed by atoms with Gasteiger partial charge in [0, 0.05) is 16.9 Å². The zero-order valence-electron chi connectivity index (χ0n) is 18.1. The molecule has 1 heterocycles. The maximum absolute atomic E-state index is 13.0. The topological polar surface area (TPSA) is 79.2 Å². The molecule has 1 aliphatic carbocycles. The molecule has 32 heavy (non-hydrogen) atoms. The molecule has 1 aliphatic rings. The largest absolute Gasteiger partial charge is 0.462 e. The first kappa shape index (κ1) is 21.8. The summed E-state index contributed by atoms with van der Waals surface area (Å²) in [6.07, 6.45) is 1.68. The van der Waals surface area contributed by atoms with Crippen LogP contribution in [0.25, 0.3) is 0 Å². The van der Waals surface area contributed by atoms with Crippen LogP contribution in [0.5, 0.6) is 0 Å². The Morgan fingerprint density at radius 1 is 1.16 bits per heavy atom. The number of nitrogens with zero attached hydrogens (tertiary/aromatic N) is 1. The lowest BCUT2D eigenvalue weighted by atomic mass is 9.70. The highest BCUT2D eigenvalue weighted by atomic mass is 32.1. The van der Waals surface area contributed by atoms with Gasteiger partial charge < -0.3 is 10.1 Å². The lowest BCUT2D eigenvalue weighted by Gasteiger charge is -2.31. The average Bonchev–Trinajstić information content (AvgIpc) is 3.16. The van der Waals surface area contributed by atoms with Crippen molar-refractivity contribution in [3.8, 4) is 6.07 Å². The number of carbonyl (C=O) groups excluding carboxylic acids is 2. The molecule has 1 aromatic heterocycles. The highest BCUT2D eigenvalue weighted by molar-refractivity contribution is 7.17. The van der Waals surface area contributed by atoms with Crippen molar-refractivity contribution in [1.82, 2.24) is 0 Å². The number of aryl methyl sites for hydroxylation is 1. The fraction of sp³-hybridized carbons (Fsp3) is 0.269. The van der Waals surface area contributed by atoms with E-state index in [1.165, 1.54) is 11.3 Å². The van der Waals surface area contributed by atoms with Crippen LogP contribution in [-0.4, -0.2) is 18.5 Å². The second-order valence-electron chi connectivity index (χ2n) is 7.93. The van der Waals surface area contributed by atoms with Crippen molar-refractivity contribution < 1.29 is 14.3 Å². The van der Waals surface area contributed by atoms with E-state index in [-0.39, 0.29) is 12.5 Å². The van der Waals surface area contributed by atoms with Gasteiger partial charge in [-0.3, -0.25) is 4.79 Å². The van der Waals surface area contributed by atoms with Crippen molar-refractivity contribution in [3.05, 3.63) is 87.3 Å². The quantitative estimate of drug-likeness (QED) is 0.532. The number of hydrogen-bond acceptors (Lipinski definition) is 5. The van der Waals surface area contributed by atoms with Crippen molar-refractivity contribution in [2.24, 2.45) is 0 Å². The number of benzene rings is 2. The Kier molecular flexibility index (Phi) is 6.11. The number of anilines is 1. The number of nitrogens with one attached hydrogen (secondary N) is 1. The van der Waals surface area contributed by atoms with E-state index in [1.54, 1.807) is 13.0 Å². The van der Waals surface area contributed by atoms with E-state index in [4.69, 9.17) is 4.74 Å². The van der Waals surface area contributed by atoms with Gasteiger partial charge in [-0.1, -0.05) is 48.5 Å². The van der Waals surface area contributed by atoms with E-state index >= 15 is 0 Å². The molecule has 1 atom stereocenters. The minimum absolute atomic E-state index is 0.251.